The molecule has 0 aliphatic carbocycles. The molecule has 4 rings (SSSR count). The van der Waals surface area contributed by atoms with Crippen molar-refractivity contribution in [3.63, 3.8) is 0 Å². The van der Waals surface area contributed by atoms with Crippen molar-refractivity contribution in [2.75, 3.05) is 21.3 Å². The lowest BCUT2D eigenvalue weighted by atomic mass is 10.00. The Morgan fingerprint density at radius 1 is 0.935 bits per heavy atom. The van der Waals surface area contributed by atoms with E-state index in [4.69, 9.17) is 18.6 Å². The number of Topliss-reactive ketones (excluding diaryl/α,β-unsaturated/α-hetero) is 1. The van der Waals surface area contributed by atoms with Crippen LogP contribution in [0, 0.1) is 0 Å². The van der Waals surface area contributed by atoms with Gasteiger partial charge in [0.05, 0.1) is 26.9 Å². The molecule has 0 aliphatic rings. The number of fused-ring (bicyclic) bond motifs is 1. The van der Waals surface area contributed by atoms with Gasteiger partial charge in [-0.2, -0.15) is 0 Å². The standard InChI is InChI=1S/C24H20N2O5/c1-28-20-13-16(14-21(29-2)23(20)30-3)22(27)17(12-15-8-10-25-11-9-15)24-26-18-6-4-5-7-19(18)31-24/h4-14H,1-3H3/b17-12-. The number of hydrogen-bond acceptors (Lipinski definition) is 7. The highest BCUT2D eigenvalue weighted by Crippen LogP contribution is 2.39. The first-order valence-corrected chi connectivity index (χ1v) is 9.47. The molecule has 0 spiro atoms. The van der Waals surface area contributed by atoms with Gasteiger partial charge in [0.15, 0.2) is 22.9 Å². The number of aromatic nitrogens is 2. The maximum atomic E-state index is 13.6. The third-order valence-corrected chi connectivity index (χ3v) is 4.71. The Morgan fingerprint density at radius 2 is 1.61 bits per heavy atom. The van der Waals surface area contributed by atoms with Gasteiger partial charge < -0.3 is 18.6 Å². The topological polar surface area (TPSA) is 83.7 Å². The van der Waals surface area contributed by atoms with E-state index < -0.39 is 0 Å². The van der Waals surface area contributed by atoms with Crippen LogP contribution in [0.5, 0.6) is 17.2 Å². The molecule has 0 bridgehead atoms. The molecule has 2 aromatic carbocycles. The average Bonchev–Trinajstić information content (AvgIpc) is 3.25. The van der Waals surface area contributed by atoms with E-state index >= 15 is 0 Å². The molecule has 0 amide bonds. The molecule has 0 saturated heterocycles. The number of methoxy groups -OCH3 is 3. The molecule has 156 valence electrons. The summed E-state index contributed by atoms with van der Waals surface area (Å²) in [7, 11) is 4.51. The minimum atomic E-state index is -0.303. The number of hydrogen-bond donors (Lipinski definition) is 0. The summed E-state index contributed by atoms with van der Waals surface area (Å²) in [4.78, 5) is 22.2. The fourth-order valence-electron chi connectivity index (χ4n) is 3.21. The van der Waals surface area contributed by atoms with E-state index in [1.165, 1.54) is 21.3 Å². The van der Waals surface area contributed by atoms with Gasteiger partial charge in [-0.25, -0.2) is 4.98 Å². The largest absolute Gasteiger partial charge is 0.493 e. The highest BCUT2D eigenvalue weighted by Gasteiger charge is 2.23. The van der Waals surface area contributed by atoms with E-state index in [1.807, 2.05) is 18.2 Å². The minimum absolute atomic E-state index is 0.219. The Kier molecular flexibility index (Phi) is 5.66. The number of oxazole rings is 1. The molecule has 0 saturated carbocycles. The van der Waals surface area contributed by atoms with Gasteiger partial charge in [-0.05, 0) is 48.0 Å². The molecule has 0 aliphatic heterocycles. The van der Waals surface area contributed by atoms with Crippen molar-refractivity contribution in [1.29, 1.82) is 0 Å². The smallest absolute Gasteiger partial charge is 0.231 e. The average molecular weight is 416 g/mol. The van der Waals surface area contributed by atoms with Crippen molar-refractivity contribution < 1.29 is 23.4 Å². The molecule has 7 heteroatoms. The number of rotatable bonds is 7. The molecule has 7 nitrogen and oxygen atoms in total. The third kappa shape index (κ3) is 3.98. The molecule has 4 aromatic rings. The second kappa shape index (κ2) is 8.71. The van der Waals surface area contributed by atoms with Crippen LogP contribution in [0.1, 0.15) is 21.8 Å². The number of carbonyl (C=O) groups excluding carboxylic acids is 1. The molecule has 2 aromatic heterocycles. The Bertz CT molecular complexity index is 1200. The number of ketones is 1. The molecule has 0 fully saturated rings. The van der Waals surface area contributed by atoms with E-state index in [1.54, 1.807) is 48.8 Å². The maximum absolute atomic E-state index is 13.6. The van der Waals surface area contributed by atoms with Crippen molar-refractivity contribution in [1.82, 2.24) is 9.97 Å². The zero-order valence-corrected chi connectivity index (χ0v) is 17.3. The first-order valence-electron chi connectivity index (χ1n) is 9.47. The molecule has 31 heavy (non-hydrogen) atoms. The number of benzene rings is 2. The lowest BCUT2D eigenvalue weighted by Gasteiger charge is -2.14. The first-order chi connectivity index (χ1) is 15.1. The monoisotopic (exact) mass is 416 g/mol. The van der Waals surface area contributed by atoms with Gasteiger partial charge in [-0.3, -0.25) is 9.78 Å². The van der Waals surface area contributed by atoms with Crippen LogP contribution in [0.2, 0.25) is 0 Å². The van der Waals surface area contributed by atoms with Crippen LogP contribution >= 0.6 is 0 Å². The maximum Gasteiger partial charge on any atom is 0.231 e. The van der Waals surface area contributed by atoms with E-state index in [0.717, 1.165) is 5.56 Å². The Labute approximate surface area is 178 Å². The minimum Gasteiger partial charge on any atom is -0.493 e. The quantitative estimate of drug-likeness (QED) is 0.320. The summed E-state index contributed by atoms with van der Waals surface area (Å²) in [6, 6.07) is 14.2. The van der Waals surface area contributed by atoms with Crippen molar-refractivity contribution in [2.45, 2.75) is 0 Å². The van der Waals surface area contributed by atoms with E-state index in [2.05, 4.69) is 9.97 Å². The predicted octanol–water partition coefficient (Wildman–Crippen LogP) is 4.67. The lowest BCUT2D eigenvalue weighted by molar-refractivity contribution is 0.105. The van der Waals surface area contributed by atoms with Crippen LogP contribution in [0.25, 0.3) is 22.7 Å². The van der Waals surface area contributed by atoms with Crippen LogP contribution in [0.3, 0.4) is 0 Å². The lowest BCUT2D eigenvalue weighted by Crippen LogP contribution is -2.05. The SMILES string of the molecule is COc1cc(C(=O)/C(=C/c2ccncc2)c2nc3ccccc3o2)cc(OC)c1OC. The molecular formula is C24H20N2O5. The summed E-state index contributed by atoms with van der Waals surface area (Å²) in [5, 5.41) is 0. The van der Waals surface area contributed by atoms with Gasteiger partial charge in [-0.15, -0.1) is 0 Å². The second-order valence-electron chi connectivity index (χ2n) is 6.57. The normalized spacial score (nSPS) is 11.4. The van der Waals surface area contributed by atoms with Gasteiger partial charge >= 0.3 is 0 Å². The van der Waals surface area contributed by atoms with E-state index in [-0.39, 0.29) is 17.2 Å². The zero-order chi connectivity index (χ0) is 21.8. The first kappa shape index (κ1) is 20.2. The van der Waals surface area contributed by atoms with Crippen molar-refractivity contribution >= 4 is 28.5 Å². The zero-order valence-electron chi connectivity index (χ0n) is 17.3. The van der Waals surface area contributed by atoms with Gasteiger partial charge in [0, 0.05) is 18.0 Å². The molecular weight excluding hydrogens is 396 g/mol. The fraction of sp³-hybridized carbons (Fsp3) is 0.125. The third-order valence-electron chi connectivity index (χ3n) is 4.71. The molecule has 0 N–H and O–H groups in total. The van der Waals surface area contributed by atoms with E-state index in [9.17, 15) is 4.79 Å². The number of ether oxygens (including phenoxy) is 3. The van der Waals surface area contributed by atoms with Crippen LogP contribution in [-0.4, -0.2) is 37.1 Å². The number of pyridine rings is 1. The summed E-state index contributed by atoms with van der Waals surface area (Å²) in [6.45, 7) is 0. The number of carbonyl (C=O) groups is 1. The highest BCUT2D eigenvalue weighted by molar-refractivity contribution is 6.31. The van der Waals surface area contributed by atoms with Crippen LogP contribution in [0.15, 0.2) is 65.3 Å². The summed E-state index contributed by atoms with van der Waals surface area (Å²) in [6.07, 6.45) is 5.02. The number of allylic oxidation sites excluding steroid dienone is 1. The molecule has 0 radical (unpaired) electrons. The number of nitrogens with zero attached hydrogens (tertiary/aromatic N) is 2. The van der Waals surface area contributed by atoms with Crippen molar-refractivity contribution in [3.8, 4) is 17.2 Å². The fourth-order valence-corrected chi connectivity index (χ4v) is 3.21. The van der Waals surface area contributed by atoms with Gasteiger partial charge in [0.1, 0.15) is 5.52 Å². The van der Waals surface area contributed by atoms with E-state index in [0.29, 0.717) is 33.9 Å². The molecule has 0 atom stereocenters. The molecule has 0 unspecified atom stereocenters. The summed E-state index contributed by atoms with van der Waals surface area (Å²) >= 11 is 0. The summed E-state index contributed by atoms with van der Waals surface area (Å²) in [5.74, 6) is 1.08. The summed E-state index contributed by atoms with van der Waals surface area (Å²) < 4.78 is 22.1. The summed E-state index contributed by atoms with van der Waals surface area (Å²) in [5.41, 5.74) is 2.67. The van der Waals surface area contributed by atoms with Gasteiger partial charge in [-0.1, -0.05) is 12.1 Å². The van der Waals surface area contributed by atoms with Crippen molar-refractivity contribution in [3.05, 3.63) is 77.9 Å². The second-order valence-corrected chi connectivity index (χ2v) is 6.57. The van der Waals surface area contributed by atoms with Crippen LogP contribution in [-0.2, 0) is 0 Å². The van der Waals surface area contributed by atoms with Crippen LogP contribution in [0.4, 0.5) is 0 Å². The predicted molar refractivity (Wildman–Crippen MR) is 117 cm³/mol. The Balaban J connectivity index is 1.88. The molecule has 2 heterocycles. The Morgan fingerprint density at radius 3 is 2.23 bits per heavy atom. The van der Waals surface area contributed by atoms with Crippen molar-refractivity contribution in [2.24, 2.45) is 0 Å². The Hall–Kier alpha value is -4.13. The van der Waals surface area contributed by atoms with Crippen LogP contribution < -0.4 is 14.2 Å². The van der Waals surface area contributed by atoms with Gasteiger partial charge in [0.25, 0.3) is 0 Å². The van der Waals surface area contributed by atoms with Gasteiger partial charge in [0.2, 0.25) is 11.6 Å². The highest BCUT2D eigenvalue weighted by atomic mass is 16.5. The number of para-hydroxylation sites is 2.